The summed E-state index contributed by atoms with van der Waals surface area (Å²) in [4.78, 5) is 0. The van der Waals surface area contributed by atoms with Gasteiger partial charge in [0.25, 0.3) is 0 Å². The maximum absolute atomic E-state index is 6.28. The molecule has 4 heteroatoms. The Kier molecular flexibility index (Phi) is 5.21. The highest BCUT2D eigenvalue weighted by Gasteiger charge is 2.17. The highest BCUT2D eigenvalue weighted by molar-refractivity contribution is 6.31. The molecule has 2 aromatic rings. The van der Waals surface area contributed by atoms with E-state index in [0.29, 0.717) is 0 Å². The molecule has 0 radical (unpaired) electrons. The lowest BCUT2D eigenvalue weighted by molar-refractivity contribution is 0.507. The number of hydrogen-bond acceptors (Lipinski definition) is 2. The van der Waals surface area contributed by atoms with E-state index in [1.165, 1.54) is 11.3 Å². The van der Waals surface area contributed by atoms with E-state index in [1.54, 1.807) is 0 Å². The van der Waals surface area contributed by atoms with Gasteiger partial charge in [0, 0.05) is 12.1 Å². The minimum atomic E-state index is 0.234. The molecule has 1 heterocycles. The number of halogens is 1. The number of benzene rings is 1. The van der Waals surface area contributed by atoms with Crippen LogP contribution in [-0.4, -0.2) is 16.3 Å². The molecule has 1 N–H and O–H groups in total. The molecule has 0 saturated heterocycles. The Balaban J connectivity index is 2.26. The maximum Gasteiger partial charge on any atom is 0.0625 e. The molecule has 0 amide bonds. The molecule has 1 aromatic heterocycles. The summed E-state index contributed by atoms with van der Waals surface area (Å²) in [5.41, 5.74) is 3.51. The second-order valence-electron chi connectivity index (χ2n) is 4.94. The molecule has 20 heavy (non-hydrogen) atoms. The van der Waals surface area contributed by atoms with Crippen LogP contribution in [0.3, 0.4) is 0 Å². The highest BCUT2D eigenvalue weighted by Crippen LogP contribution is 2.24. The van der Waals surface area contributed by atoms with Crippen molar-refractivity contribution in [3.8, 4) is 0 Å². The number of rotatable bonds is 6. The molecule has 0 spiro atoms. The summed E-state index contributed by atoms with van der Waals surface area (Å²) >= 11 is 6.28. The molecule has 0 aliphatic heterocycles. The van der Waals surface area contributed by atoms with Crippen LogP contribution in [0.5, 0.6) is 0 Å². The Bertz CT molecular complexity index is 563. The van der Waals surface area contributed by atoms with Crippen molar-refractivity contribution >= 4 is 11.6 Å². The Morgan fingerprint density at radius 2 is 2.05 bits per heavy atom. The number of nitrogens with zero attached hydrogens (tertiary/aromatic N) is 2. The van der Waals surface area contributed by atoms with Crippen LogP contribution >= 0.6 is 11.6 Å². The first-order valence-corrected chi connectivity index (χ1v) is 7.53. The minimum Gasteiger partial charge on any atom is -0.309 e. The number of likely N-dealkylation sites (N-methyl/N-ethyl adjacent to an activating group) is 1. The second kappa shape index (κ2) is 6.91. The second-order valence-corrected chi connectivity index (χ2v) is 5.35. The Labute approximate surface area is 126 Å². The van der Waals surface area contributed by atoms with Crippen molar-refractivity contribution in [3.05, 3.63) is 52.3 Å². The lowest BCUT2D eigenvalue weighted by Crippen LogP contribution is -2.25. The van der Waals surface area contributed by atoms with Crippen LogP contribution in [0.2, 0.25) is 5.02 Å². The lowest BCUT2D eigenvalue weighted by atomic mass is 10.0. The number of nitrogens with one attached hydrogen (secondary N) is 1. The standard InChI is InChI=1S/C16H22ClN3/c1-4-13-11-16(20(3)19-13)15(18-5-2)10-12-8-6-7-9-14(12)17/h6-9,11,15,18H,4-5,10H2,1-3H3. The zero-order valence-corrected chi connectivity index (χ0v) is 13.1. The molecule has 108 valence electrons. The van der Waals surface area contributed by atoms with Gasteiger partial charge in [0.2, 0.25) is 0 Å². The third kappa shape index (κ3) is 3.41. The van der Waals surface area contributed by atoms with Gasteiger partial charge in [0.1, 0.15) is 0 Å². The molecular formula is C16H22ClN3. The van der Waals surface area contributed by atoms with Crippen LogP contribution in [-0.2, 0) is 19.9 Å². The maximum atomic E-state index is 6.28. The van der Waals surface area contributed by atoms with Crippen LogP contribution in [0.15, 0.2) is 30.3 Å². The fourth-order valence-corrected chi connectivity index (χ4v) is 2.67. The molecule has 0 saturated carbocycles. The van der Waals surface area contributed by atoms with E-state index in [9.17, 15) is 0 Å². The SMILES string of the molecule is CCNC(Cc1ccccc1Cl)c1cc(CC)nn1C. The van der Waals surface area contributed by atoms with Gasteiger partial charge in [0.15, 0.2) is 0 Å². The van der Waals surface area contributed by atoms with Crippen molar-refractivity contribution in [1.29, 1.82) is 0 Å². The van der Waals surface area contributed by atoms with E-state index < -0.39 is 0 Å². The molecule has 1 aromatic carbocycles. The highest BCUT2D eigenvalue weighted by atomic mass is 35.5. The van der Waals surface area contributed by atoms with Crippen molar-refractivity contribution < 1.29 is 0 Å². The quantitative estimate of drug-likeness (QED) is 0.882. The summed E-state index contributed by atoms with van der Waals surface area (Å²) in [7, 11) is 2.01. The predicted molar refractivity (Wildman–Crippen MR) is 84.2 cm³/mol. The van der Waals surface area contributed by atoms with Gasteiger partial charge >= 0.3 is 0 Å². The van der Waals surface area contributed by atoms with Crippen LogP contribution in [0.1, 0.15) is 36.8 Å². The average Bonchev–Trinajstić information content (AvgIpc) is 2.82. The molecule has 0 aliphatic carbocycles. The third-order valence-electron chi connectivity index (χ3n) is 3.52. The Morgan fingerprint density at radius 3 is 2.65 bits per heavy atom. The number of aromatic nitrogens is 2. The number of aryl methyl sites for hydroxylation is 2. The summed E-state index contributed by atoms with van der Waals surface area (Å²) in [6.45, 7) is 5.17. The summed E-state index contributed by atoms with van der Waals surface area (Å²) in [6, 6.07) is 10.4. The normalized spacial score (nSPS) is 12.6. The van der Waals surface area contributed by atoms with E-state index >= 15 is 0 Å². The zero-order valence-electron chi connectivity index (χ0n) is 12.4. The molecule has 0 fully saturated rings. The van der Waals surface area contributed by atoms with Crippen molar-refractivity contribution in [1.82, 2.24) is 15.1 Å². The topological polar surface area (TPSA) is 29.9 Å². The lowest BCUT2D eigenvalue weighted by Gasteiger charge is -2.19. The Hall–Kier alpha value is -1.32. The van der Waals surface area contributed by atoms with Crippen LogP contribution in [0.25, 0.3) is 0 Å². The van der Waals surface area contributed by atoms with Crippen LogP contribution < -0.4 is 5.32 Å². The summed E-state index contributed by atoms with van der Waals surface area (Å²) in [5.74, 6) is 0. The largest absolute Gasteiger partial charge is 0.309 e. The van der Waals surface area contributed by atoms with Gasteiger partial charge in [-0.3, -0.25) is 4.68 Å². The van der Waals surface area contributed by atoms with Gasteiger partial charge in [-0.2, -0.15) is 5.10 Å². The van der Waals surface area contributed by atoms with Gasteiger partial charge in [-0.15, -0.1) is 0 Å². The summed E-state index contributed by atoms with van der Waals surface area (Å²) in [6.07, 6.45) is 1.83. The summed E-state index contributed by atoms with van der Waals surface area (Å²) in [5, 5.41) is 8.90. The minimum absolute atomic E-state index is 0.234. The first-order valence-electron chi connectivity index (χ1n) is 7.15. The fraction of sp³-hybridized carbons (Fsp3) is 0.438. The van der Waals surface area contributed by atoms with Gasteiger partial charge in [0.05, 0.1) is 17.4 Å². The summed E-state index contributed by atoms with van der Waals surface area (Å²) < 4.78 is 1.98. The smallest absolute Gasteiger partial charge is 0.0625 e. The van der Waals surface area contributed by atoms with Crippen molar-refractivity contribution in [2.24, 2.45) is 7.05 Å². The third-order valence-corrected chi connectivity index (χ3v) is 3.89. The fourth-order valence-electron chi connectivity index (χ4n) is 2.45. The molecule has 0 bridgehead atoms. The van der Waals surface area contributed by atoms with Crippen molar-refractivity contribution in [2.45, 2.75) is 32.7 Å². The van der Waals surface area contributed by atoms with Crippen LogP contribution in [0.4, 0.5) is 0 Å². The van der Waals surface area contributed by atoms with Crippen molar-refractivity contribution in [2.75, 3.05) is 6.54 Å². The van der Waals surface area contributed by atoms with E-state index in [-0.39, 0.29) is 6.04 Å². The monoisotopic (exact) mass is 291 g/mol. The first kappa shape index (κ1) is 15.1. The molecule has 1 unspecified atom stereocenters. The molecule has 1 atom stereocenters. The zero-order chi connectivity index (χ0) is 14.5. The van der Waals surface area contributed by atoms with E-state index in [2.05, 4.69) is 36.4 Å². The van der Waals surface area contributed by atoms with Crippen molar-refractivity contribution in [3.63, 3.8) is 0 Å². The van der Waals surface area contributed by atoms with Gasteiger partial charge in [-0.1, -0.05) is 43.6 Å². The van der Waals surface area contributed by atoms with E-state index in [4.69, 9.17) is 11.6 Å². The van der Waals surface area contributed by atoms with E-state index in [0.717, 1.165) is 30.1 Å². The Morgan fingerprint density at radius 1 is 1.30 bits per heavy atom. The molecular weight excluding hydrogens is 270 g/mol. The average molecular weight is 292 g/mol. The number of hydrogen-bond donors (Lipinski definition) is 1. The van der Waals surface area contributed by atoms with Gasteiger partial charge in [-0.05, 0) is 37.1 Å². The van der Waals surface area contributed by atoms with Gasteiger partial charge < -0.3 is 5.32 Å². The molecule has 2 rings (SSSR count). The van der Waals surface area contributed by atoms with Crippen LogP contribution in [0, 0.1) is 0 Å². The first-order chi connectivity index (χ1) is 9.65. The molecule has 3 nitrogen and oxygen atoms in total. The predicted octanol–water partition coefficient (Wildman–Crippen LogP) is 3.53. The van der Waals surface area contributed by atoms with Gasteiger partial charge in [-0.25, -0.2) is 0 Å². The van der Waals surface area contributed by atoms with E-state index in [1.807, 2.05) is 29.9 Å². The molecule has 0 aliphatic rings.